The summed E-state index contributed by atoms with van der Waals surface area (Å²) in [6.45, 7) is 0. The van der Waals surface area contributed by atoms with Gasteiger partial charge >= 0.3 is 0 Å². The monoisotopic (exact) mass is 578 g/mol. The van der Waals surface area contributed by atoms with E-state index < -0.39 is 0 Å². The van der Waals surface area contributed by atoms with E-state index in [1.165, 1.54) is 5.56 Å². The Morgan fingerprint density at radius 2 is 1.07 bits per heavy atom. The highest BCUT2D eigenvalue weighted by Crippen LogP contribution is 2.45. The van der Waals surface area contributed by atoms with Crippen LogP contribution in [0, 0.1) is 0 Å². The Labute approximate surface area is 259 Å². The van der Waals surface area contributed by atoms with E-state index in [0.29, 0.717) is 5.89 Å². The maximum atomic E-state index is 6.68. The Balaban J connectivity index is 1.31. The van der Waals surface area contributed by atoms with Gasteiger partial charge in [0.25, 0.3) is 0 Å². The van der Waals surface area contributed by atoms with Gasteiger partial charge in [-0.15, -0.1) is 0 Å². The van der Waals surface area contributed by atoms with Crippen LogP contribution in [0.5, 0.6) is 0 Å². The molecule has 0 aliphatic carbocycles. The first-order valence-corrected chi connectivity index (χ1v) is 15.0. The van der Waals surface area contributed by atoms with Crippen LogP contribution < -0.4 is 4.90 Å². The fraction of sp³-hybridized carbons (Fsp3) is 0. The first kappa shape index (κ1) is 25.4. The molecule has 45 heavy (non-hydrogen) atoms. The molecular weight excluding hydrogens is 552 g/mol. The van der Waals surface area contributed by atoms with E-state index in [1.807, 2.05) is 48.5 Å². The normalized spacial score (nSPS) is 11.6. The average molecular weight is 579 g/mol. The number of rotatable bonds is 5. The van der Waals surface area contributed by atoms with E-state index in [4.69, 9.17) is 13.8 Å². The topological polar surface area (TPSA) is 42.4 Å². The Hall–Kier alpha value is -6.13. The van der Waals surface area contributed by atoms with Crippen molar-refractivity contribution in [3.63, 3.8) is 0 Å². The van der Waals surface area contributed by atoms with Crippen LogP contribution in [0.2, 0.25) is 0 Å². The van der Waals surface area contributed by atoms with Crippen molar-refractivity contribution in [1.82, 2.24) is 4.98 Å². The predicted octanol–water partition coefficient (Wildman–Crippen LogP) is 11.7. The number of furan rings is 1. The number of fused-ring (bicyclic) bond motifs is 6. The lowest BCUT2D eigenvalue weighted by atomic mass is 10.0. The van der Waals surface area contributed by atoms with Crippen LogP contribution in [0.15, 0.2) is 167 Å². The molecule has 0 saturated carbocycles. The lowest BCUT2D eigenvalue weighted by Gasteiger charge is -2.26. The maximum Gasteiger partial charge on any atom is 0.227 e. The molecule has 4 nitrogen and oxygen atoms in total. The molecule has 0 spiro atoms. The van der Waals surface area contributed by atoms with Crippen LogP contribution in [-0.2, 0) is 0 Å². The highest BCUT2D eigenvalue weighted by molar-refractivity contribution is 6.12. The fourth-order valence-electron chi connectivity index (χ4n) is 6.31. The van der Waals surface area contributed by atoms with Gasteiger partial charge in [-0.25, -0.2) is 4.98 Å². The Morgan fingerprint density at radius 1 is 0.444 bits per heavy atom. The van der Waals surface area contributed by atoms with Gasteiger partial charge in [-0.1, -0.05) is 103 Å². The zero-order chi connectivity index (χ0) is 29.7. The quantitative estimate of drug-likeness (QED) is 0.204. The summed E-state index contributed by atoms with van der Waals surface area (Å²) in [5.41, 5.74) is 9.49. The molecule has 0 aliphatic heterocycles. The first-order chi connectivity index (χ1) is 22.3. The molecule has 4 heteroatoms. The molecule has 9 rings (SSSR count). The summed E-state index contributed by atoms with van der Waals surface area (Å²) in [5, 5.41) is 4.29. The summed E-state index contributed by atoms with van der Waals surface area (Å²) in [6.07, 6.45) is 0. The smallest absolute Gasteiger partial charge is 0.227 e. The van der Waals surface area contributed by atoms with Crippen molar-refractivity contribution >= 4 is 60.9 Å². The van der Waals surface area contributed by atoms with Crippen molar-refractivity contribution in [2.75, 3.05) is 4.90 Å². The number of oxazole rings is 1. The summed E-state index contributed by atoms with van der Waals surface area (Å²) < 4.78 is 12.9. The second-order valence-electron chi connectivity index (χ2n) is 11.2. The van der Waals surface area contributed by atoms with Crippen molar-refractivity contribution in [1.29, 1.82) is 0 Å². The standard InChI is InChI=1S/C41H26N2O2/c1-3-11-27(12-4-1)28-19-21-31(22-20-28)43(32-23-24-38-35(26-32)34-17-9-10-18-37(34)44-38)36-25-30-15-7-8-16-33(30)39-40(36)45-41(42-39)29-13-5-2-6-14-29/h1-26H. The van der Waals surface area contributed by atoms with Gasteiger partial charge in [0, 0.05) is 33.1 Å². The molecule has 0 atom stereocenters. The third-order valence-corrected chi connectivity index (χ3v) is 8.48. The minimum absolute atomic E-state index is 0.596. The summed E-state index contributed by atoms with van der Waals surface area (Å²) in [7, 11) is 0. The molecule has 212 valence electrons. The molecule has 0 unspecified atom stereocenters. The highest BCUT2D eigenvalue weighted by atomic mass is 16.3. The van der Waals surface area contributed by atoms with Crippen molar-refractivity contribution in [3.8, 4) is 22.6 Å². The van der Waals surface area contributed by atoms with Gasteiger partial charge in [-0.2, -0.15) is 0 Å². The van der Waals surface area contributed by atoms with Gasteiger partial charge in [0.05, 0.1) is 5.69 Å². The zero-order valence-electron chi connectivity index (χ0n) is 24.2. The molecule has 0 fully saturated rings. The summed E-state index contributed by atoms with van der Waals surface area (Å²) in [6, 6.07) is 54.4. The van der Waals surface area contributed by atoms with Crippen molar-refractivity contribution in [2.45, 2.75) is 0 Å². The van der Waals surface area contributed by atoms with Crippen LogP contribution in [0.25, 0.3) is 66.4 Å². The minimum Gasteiger partial charge on any atom is -0.456 e. The number of aromatic nitrogens is 1. The number of para-hydroxylation sites is 1. The molecule has 0 saturated heterocycles. The first-order valence-electron chi connectivity index (χ1n) is 15.0. The highest BCUT2D eigenvalue weighted by Gasteiger charge is 2.23. The van der Waals surface area contributed by atoms with Crippen LogP contribution in [0.1, 0.15) is 0 Å². The van der Waals surface area contributed by atoms with E-state index in [2.05, 4.69) is 114 Å². The number of hydrogen-bond acceptors (Lipinski definition) is 4. The molecule has 0 aliphatic rings. The number of anilines is 3. The van der Waals surface area contributed by atoms with E-state index in [0.717, 1.165) is 72.0 Å². The molecular formula is C41H26N2O2. The summed E-state index contributed by atoms with van der Waals surface area (Å²) >= 11 is 0. The SMILES string of the molecule is c1ccc(-c2ccc(N(c3ccc4oc5ccccc5c4c3)c3cc4ccccc4c4nc(-c5ccccc5)oc34)cc2)cc1. The van der Waals surface area contributed by atoms with Crippen molar-refractivity contribution in [2.24, 2.45) is 0 Å². The van der Waals surface area contributed by atoms with E-state index in [9.17, 15) is 0 Å². The van der Waals surface area contributed by atoms with Gasteiger partial charge in [0.1, 0.15) is 16.7 Å². The molecule has 0 amide bonds. The van der Waals surface area contributed by atoms with Crippen LogP contribution >= 0.6 is 0 Å². The van der Waals surface area contributed by atoms with E-state index >= 15 is 0 Å². The van der Waals surface area contributed by atoms with Gasteiger partial charge in [0.15, 0.2) is 5.58 Å². The fourth-order valence-corrected chi connectivity index (χ4v) is 6.31. The molecule has 0 N–H and O–H groups in total. The Kier molecular flexibility index (Phi) is 5.78. The van der Waals surface area contributed by atoms with Crippen molar-refractivity contribution in [3.05, 3.63) is 158 Å². The minimum atomic E-state index is 0.596. The molecule has 2 aromatic heterocycles. The lowest BCUT2D eigenvalue weighted by Crippen LogP contribution is -2.10. The lowest BCUT2D eigenvalue weighted by molar-refractivity contribution is 0.620. The number of hydrogen-bond donors (Lipinski definition) is 0. The second-order valence-corrected chi connectivity index (χ2v) is 11.2. The molecule has 2 heterocycles. The number of benzene rings is 7. The summed E-state index contributed by atoms with van der Waals surface area (Å²) in [5.74, 6) is 0.596. The van der Waals surface area contributed by atoms with Gasteiger partial charge < -0.3 is 13.7 Å². The molecule has 7 aromatic carbocycles. The van der Waals surface area contributed by atoms with Gasteiger partial charge in [0.2, 0.25) is 5.89 Å². The van der Waals surface area contributed by atoms with Crippen molar-refractivity contribution < 1.29 is 8.83 Å². The summed E-state index contributed by atoms with van der Waals surface area (Å²) in [4.78, 5) is 7.34. The number of nitrogens with zero attached hydrogens (tertiary/aromatic N) is 2. The third kappa shape index (κ3) is 4.27. The average Bonchev–Trinajstić information content (AvgIpc) is 3.72. The Morgan fingerprint density at radius 3 is 1.87 bits per heavy atom. The van der Waals surface area contributed by atoms with Gasteiger partial charge in [-0.05, 0) is 71.1 Å². The molecule has 0 radical (unpaired) electrons. The predicted molar refractivity (Wildman–Crippen MR) is 184 cm³/mol. The van der Waals surface area contributed by atoms with Gasteiger partial charge in [-0.3, -0.25) is 0 Å². The molecule has 0 bridgehead atoms. The Bertz CT molecular complexity index is 2480. The third-order valence-electron chi connectivity index (χ3n) is 8.48. The second kappa shape index (κ2) is 10.2. The maximum absolute atomic E-state index is 6.68. The van der Waals surface area contributed by atoms with Crippen LogP contribution in [-0.4, -0.2) is 4.98 Å². The largest absolute Gasteiger partial charge is 0.456 e. The van der Waals surface area contributed by atoms with Crippen LogP contribution in [0.4, 0.5) is 17.1 Å². The van der Waals surface area contributed by atoms with E-state index in [1.54, 1.807) is 0 Å². The van der Waals surface area contributed by atoms with Crippen LogP contribution in [0.3, 0.4) is 0 Å². The zero-order valence-corrected chi connectivity index (χ0v) is 24.2. The molecule has 9 aromatic rings. The van der Waals surface area contributed by atoms with E-state index in [-0.39, 0.29) is 0 Å².